The number of hydrogen-bond acceptors (Lipinski definition) is 8. The van der Waals surface area contributed by atoms with Crippen molar-refractivity contribution < 1.29 is 89.9 Å². The summed E-state index contributed by atoms with van der Waals surface area (Å²) in [5, 5.41) is -2.81. The highest BCUT2D eigenvalue weighted by atomic mass is 31.2. The first-order valence-corrected chi connectivity index (χ1v) is 19.6. The molecule has 0 aliphatic rings. The summed E-state index contributed by atoms with van der Waals surface area (Å²) in [6, 6.07) is 8.08. The first-order chi connectivity index (χ1) is 26.8. The molecule has 0 radical (unpaired) electrons. The van der Waals surface area contributed by atoms with Gasteiger partial charge in [0.15, 0.2) is 12.2 Å². The summed E-state index contributed by atoms with van der Waals surface area (Å²) in [5.41, 5.74) is -5.17. The molecule has 0 heterocycles. The Balaban J connectivity index is 1.99. The second-order valence-corrected chi connectivity index (χ2v) is 16.5. The monoisotopic (exact) mass is 878 g/mol. The molecule has 0 aromatic heterocycles. The van der Waals surface area contributed by atoms with Crippen LogP contribution in [0.2, 0.25) is 0 Å². The van der Waals surface area contributed by atoms with Gasteiger partial charge in [0, 0.05) is 21.2 Å². The third kappa shape index (κ3) is 10.5. The van der Waals surface area contributed by atoms with E-state index in [1.807, 2.05) is 0 Å². The van der Waals surface area contributed by atoms with Crippen LogP contribution in [-0.4, -0.2) is 37.4 Å². The van der Waals surface area contributed by atoms with Crippen molar-refractivity contribution in [2.75, 3.05) is 13.2 Å². The maximum Gasteiger partial charge on any atom is 0.416 e. The first kappa shape index (κ1) is 46.1. The van der Waals surface area contributed by atoms with E-state index in [0.717, 1.165) is 0 Å². The molecule has 314 valence electrons. The topological polar surface area (TPSA) is 105 Å². The molecule has 58 heavy (non-hydrogen) atoms. The van der Waals surface area contributed by atoms with Crippen LogP contribution in [0.25, 0.3) is 0 Å². The average Bonchev–Trinajstić information content (AvgIpc) is 3.15. The molecule has 2 atom stereocenters. The van der Waals surface area contributed by atoms with E-state index in [-0.39, 0.29) is 0 Å². The fraction of sp³-hybridized carbons (Fsp3) is 0.278. The van der Waals surface area contributed by atoms with E-state index in [1.54, 1.807) is 0 Å². The summed E-state index contributed by atoms with van der Waals surface area (Å²) in [6.45, 7) is 1.34. The Hall–Kier alpha value is -4.64. The second-order valence-electron chi connectivity index (χ2n) is 11.8. The van der Waals surface area contributed by atoms with Gasteiger partial charge in [0.2, 0.25) is 0 Å². The molecular formula is C36H28F12O8P2. The minimum absolute atomic E-state index is 0.414. The van der Waals surface area contributed by atoms with Crippen LogP contribution in [0.5, 0.6) is 0 Å². The summed E-state index contributed by atoms with van der Waals surface area (Å²) in [6.07, 6.45) is -25.4. The van der Waals surface area contributed by atoms with Gasteiger partial charge in [0.1, 0.15) is 0 Å². The number of carbonyl (C=O) groups excluding carboxylic acids is 2. The van der Waals surface area contributed by atoms with E-state index < -0.39 is 120 Å². The lowest BCUT2D eigenvalue weighted by Crippen LogP contribution is -2.46. The van der Waals surface area contributed by atoms with Crippen molar-refractivity contribution >= 4 is 47.9 Å². The Kier molecular flexibility index (Phi) is 13.7. The zero-order chi connectivity index (χ0) is 43.5. The number of hydrogen-bond donors (Lipinski definition) is 0. The van der Waals surface area contributed by atoms with Gasteiger partial charge in [-0.15, -0.1) is 0 Å². The predicted octanol–water partition coefficient (Wildman–Crippen LogP) is 8.82. The summed E-state index contributed by atoms with van der Waals surface area (Å²) in [4.78, 5) is 27.4. The highest BCUT2D eigenvalue weighted by molar-refractivity contribution is 7.74. The van der Waals surface area contributed by atoms with Crippen molar-refractivity contribution in [1.29, 1.82) is 0 Å². The molecule has 0 fully saturated rings. The lowest BCUT2D eigenvalue weighted by atomic mass is 10.2. The third-order valence-electron chi connectivity index (χ3n) is 7.97. The quantitative estimate of drug-likeness (QED) is 0.0746. The Morgan fingerprint density at radius 1 is 0.431 bits per heavy atom. The van der Waals surface area contributed by atoms with Gasteiger partial charge >= 0.3 is 36.6 Å². The van der Waals surface area contributed by atoms with Gasteiger partial charge in [-0.3, -0.25) is 9.13 Å². The Morgan fingerprint density at radius 3 is 0.776 bits per heavy atom. The van der Waals surface area contributed by atoms with Crippen LogP contribution in [0, 0.1) is 0 Å². The van der Waals surface area contributed by atoms with Gasteiger partial charge in [-0.1, -0.05) is 0 Å². The number of alkyl halides is 12. The maximum absolute atomic E-state index is 15.0. The zero-order valence-electron chi connectivity index (χ0n) is 29.5. The molecule has 8 nitrogen and oxygen atoms in total. The predicted molar refractivity (Wildman–Crippen MR) is 183 cm³/mol. The lowest BCUT2D eigenvalue weighted by Gasteiger charge is -2.31. The largest absolute Gasteiger partial charge is 0.464 e. The third-order valence-corrected chi connectivity index (χ3v) is 12.9. The van der Waals surface area contributed by atoms with E-state index in [4.69, 9.17) is 18.5 Å². The van der Waals surface area contributed by atoms with Gasteiger partial charge < -0.3 is 18.5 Å². The fourth-order valence-electron chi connectivity index (χ4n) is 5.14. The standard InChI is InChI=1S/C36H28F12O8P2/c1-3-53-31(49)29(55-57(51,25-13-5-21(6-14-25)33(37,38)39)26-15-7-22(8-16-26)34(40,41)42)30(32(50)54-4-2)56-58(52,27-17-9-23(10-18-27)35(43,44)45)28-19-11-24(12-20-28)36(46,47)48/h5-20,29-30H,3-4H2,1-2H3/t29-,30-/m1/s1. The normalized spacial score (nSPS) is 14.1. The smallest absolute Gasteiger partial charge is 0.416 e. The minimum Gasteiger partial charge on any atom is -0.464 e. The van der Waals surface area contributed by atoms with Crippen molar-refractivity contribution in [2.45, 2.75) is 50.8 Å². The van der Waals surface area contributed by atoms with Gasteiger partial charge in [-0.05, 0) is 111 Å². The van der Waals surface area contributed by atoms with E-state index >= 15 is 9.13 Å². The molecule has 4 aromatic rings. The van der Waals surface area contributed by atoms with Crippen molar-refractivity contribution in [3.8, 4) is 0 Å². The number of esters is 2. The van der Waals surface area contributed by atoms with Crippen LogP contribution < -0.4 is 21.2 Å². The highest BCUT2D eigenvalue weighted by Crippen LogP contribution is 2.52. The summed E-state index contributed by atoms with van der Waals surface area (Å²) < 4.78 is 213. The van der Waals surface area contributed by atoms with Crippen LogP contribution in [-0.2, 0) is 61.9 Å². The fourth-order valence-corrected chi connectivity index (χ4v) is 9.42. The summed E-state index contributed by atoms with van der Waals surface area (Å²) in [7, 11) is -10.5. The molecule has 0 bridgehead atoms. The van der Waals surface area contributed by atoms with Crippen molar-refractivity contribution in [2.24, 2.45) is 0 Å². The number of rotatable bonds is 13. The molecule has 0 spiro atoms. The molecule has 0 saturated carbocycles. The van der Waals surface area contributed by atoms with Crippen LogP contribution in [0.15, 0.2) is 97.1 Å². The van der Waals surface area contributed by atoms with Crippen LogP contribution in [0.3, 0.4) is 0 Å². The SMILES string of the molecule is CCOC(=O)[C@H](OP(=O)(c1ccc(C(F)(F)F)cc1)c1ccc(C(F)(F)F)cc1)[C@@H](OP(=O)(c1ccc(C(F)(F)F)cc1)c1ccc(C(F)(F)F)cc1)C(=O)OCC. The number of carbonyl (C=O) groups is 2. The van der Waals surface area contributed by atoms with Gasteiger partial charge in [0.05, 0.1) is 35.5 Å². The number of benzene rings is 4. The van der Waals surface area contributed by atoms with E-state index in [1.165, 1.54) is 13.8 Å². The van der Waals surface area contributed by atoms with E-state index in [2.05, 4.69) is 0 Å². The Bertz CT molecular complexity index is 1870. The molecule has 0 aliphatic carbocycles. The van der Waals surface area contributed by atoms with Crippen molar-refractivity contribution in [1.82, 2.24) is 0 Å². The Morgan fingerprint density at radius 2 is 0.621 bits per heavy atom. The van der Waals surface area contributed by atoms with Gasteiger partial charge in [-0.2, -0.15) is 52.7 Å². The zero-order valence-corrected chi connectivity index (χ0v) is 31.3. The van der Waals surface area contributed by atoms with Crippen molar-refractivity contribution in [3.05, 3.63) is 119 Å². The summed E-state index contributed by atoms with van der Waals surface area (Å²) >= 11 is 0. The second kappa shape index (κ2) is 17.3. The van der Waals surface area contributed by atoms with Gasteiger partial charge in [-0.25, -0.2) is 9.59 Å². The molecule has 0 aliphatic heterocycles. The first-order valence-electron chi connectivity index (χ1n) is 16.4. The number of ether oxygens (including phenoxy) is 2. The van der Waals surface area contributed by atoms with Gasteiger partial charge in [0.25, 0.3) is 14.7 Å². The molecule has 4 rings (SSSR count). The summed E-state index contributed by atoms with van der Waals surface area (Å²) in [5.74, 6) is -3.35. The molecule has 22 heteroatoms. The Labute approximate surface area is 320 Å². The maximum atomic E-state index is 15.0. The van der Waals surface area contributed by atoms with Crippen LogP contribution in [0.1, 0.15) is 36.1 Å². The van der Waals surface area contributed by atoms with E-state index in [0.29, 0.717) is 97.1 Å². The molecule has 0 amide bonds. The molecule has 0 N–H and O–H groups in total. The minimum atomic E-state index is -5.24. The van der Waals surface area contributed by atoms with Crippen molar-refractivity contribution in [3.63, 3.8) is 0 Å². The van der Waals surface area contributed by atoms with Crippen LogP contribution in [0.4, 0.5) is 52.7 Å². The van der Waals surface area contributed by atoms with Crippen LogP contribution >= 0.6 is 14.7 Å². The molecule has 4 aromatic carbocycles. The highest BCUT2D eigenvalue weighted by Gasteiger charge is 2.49. The van der Waals surface area contributed by atoms with E-state index in [9.17, 15) is 62.3 Å². The molecule has 0 saturated heterocycles. The lowest BCUT2D eigenvalue weighted by molar-refractivity contribution is -0.168. The average molecular weight is 879 g/mol. The molecular weight excluding hydrogens is 850 g/mol. The number of halogens is 12. The molecule has 0 unspecified atom stereocenters.